The van der Waals surface area contributed by atoms with E-state index in [1.165, 1.54) is 32.1 Å². The number of hydrogen-bond donors (Lipinski definition) is 1. The monoisotopic (exact) mass is 259 g/mol. The molecule has 3 heteroatoms. The zero-order valence-electron chi connectivity index (χ0n) is 11.9. The SMILES string of the molecule is CCNC1CCCCCCC1S(=O)C(C)(C)C. The van der Waals surface area contributed by atoms with E-state index in [1.807, 2.05) is 0 Å². The summed E-state index contributed by atoms with van der Waals surface area (Å²) in [6.07, 6.45) is 7.51. The van der Waals surface area contributed by atoms with Gasteiger partial charge in [-0.2, -0.15) is 0 Å². The maximum absolute atomic E-state index is 12.6. The van der Waals surface area contributed by atoms with E-state index in [0.717, 1.165) is 13.0 Å². The van der Waals surface area contributed by atoms with Gasteiger partial charge in [-0.05, 0) is 40.2 Å². The molecule has 0 radical (unpaired) electrons. The van der Waals surface area contributed by atoms with Crippen LogP contribution in [0.5, 0.6) is 0 Å². The number of nitrogens with one attached hydrogen (secondary N) is 1. The van der Waals surface area contributed by atoms with E-state index in [0.29, 0.717) is 11.3 Å². The molecule has 0 bridgehead atoms. The molecular formula is C14H29NOS. The Morgan fingerprint density at radius 1 is 1.12 bits per heavy atom. The van der Waals surface area contributed by atoms with Crippen LogP contribution in [0.4, 0.5) is 0 Å². The molecule has 1 saturated carbocycles. The molecule has 0 aliphatic heterocycles. The van der Waals surface area contributed by atoms with Crippen molar-refractivity contribution in [2.24, 2.45) is 0 Å². The molecule has 1 rings (SSSR count). The average molecular weight is 259 g/mol. The Hall–Kier alpha value is 0.110. The van der Waals surface area contributed by atoms with Crippen LogP contribution >= 0.6 is 0 Å². The second kappa shape index (κ2) is 6.89. The van der Waals surface area contributed by atoms with Crippen LogP contribution in [-0.4, -0.2) is 26.8 Å². The van der Waals surface area contributed by atoms with E-state index in [9.17, 15) is 4.21 Å². The summed E-state index contributed by atoms with van der Waals surface area (Å²) in [5.41, 5.74) is 0. The Labute approximate surface area is 109 Å². The van der Waals surface area contributed by atoms with Crippen LogP contribution in [0.15, 0.2) is 0 Å². The van der Waals surface area contributed by atoms with Crippen molar-refractivity contribution in [3.05, 3.63) is 0 Å². The maximum Gasteiger partial charge on any atom is 0.0506 e. The van der Waals surface area contributed by atoms with Crippen molar-refractivity contribution in [1.29, 1.82) is 0 Å². The first kappa shape index (κ1) is 15.2. The molecule has 102 valence electrons. The molecule has 1 fully saturated rings. The Kier molecular flexibility index (Phi) is 6.14. The summed E-state index contributed by atoms with van der Waals surface area (Å²) in [5.74, 6) is 0. The van der Waals surface area contributed by atoms with E-state index >= 15 is 0 Å². The Balaban J connectivity index is 2.75. The van der Waals surface area contributed by atoms with Crippen molar-refractivity contribution in [3.8, 4) is 0 Å². The molecule has 1 N–H and O–H groups in total. The fourth-order valence-corrected chi connectivity index (χ4v) is 4.48. The standard InChI is InChI=1S/C14H29NOS/c1-5-15-12-10-8-6-7-9-11-13(12)17(16)14(2,3)4/h12-13,15H,5-11H2,1-4H3. The summed E-state index contributed by atoms with van der Waals surface area (Å²) in [6, 6.07) is 0.459. The van der Waals surface area contributed by atoms with Gasteiger partial charge in [-0.15, -0.1) is 0 Å². The van der Waals surface area contributed by atoms with Gasteiger partial charge in [0.25, 0.3) is 0 Å². The van der Waals surface area contributed by atoms with E-state index in [-0.39, 0.29) is 4.75 Å². The Bertz CT molecular complexity index is 247. The highest BCUT2D eigenvalue weighted by molar-refractivity contribution is 7.87. The van der Waals surface area contributed by atoms with Crippen molar-refractivity contribution in [3.63, 3.8) is 0 Å². The van der Waals surface area contributed by atoms with Crippen LogP contribution in [0.3, 0.4) is 0 Å². The summed E-state index contributed by atoms with van der Waals surface area (Å²) in [6.45, 7) is 9.44. The number of rotatable bonds is 3. The molecule has 0 saturated heterocycles. The highest BCUT2D eigenvalue weighted by Gasteiger charge is 2.33. The van der Waals surface area contributed by atoms with Crippen LogP contribution in [0.25, 0.3) is 0 Å². The molecule has 0 spiro atoms. The first-order valence-electron chi connectivity index (χ1n) is 7.11. The van der Waals surface area contributed by atoms with E-state index < -0.39 is 10.8 Å². The van der Waals surface area contributed by atoms with Crippen LogP contribution in [0.1, 0.15) is 66.2 Å². The van der Waals surface area contributed by atoms with Gasteiger partial charge >= 0.3 is 0 Å². The van der Waals surface area contributed by atoms with Crippen molar-refractivity contribution >= 4 is 10.8 Å². The van der Waals surface area contributed by atoms with Gasteiger partial charge in [-0.25, -0.2) is 0 Å². The zero-order valence-corrected chi connectivity index (χ0v) is 12.7. The van der Waals surface area contributed by atoms with Gasteiger partial charge in [0.1, 0.15) is 0 Å². The largest absolute Gasteiger partial charge is 0.313 e. The highest BCUT2D eigenvalue weighted by Crippen LogP contribution is 2.27. The molecule has 0 aromatic heterocycles. The zero-order chi connectivity index (χ0) is 12.9. The smallest absolute Gasteiger partial charge is 0.0506 e. The lowest BCUT2D eigenvalue weighted by Gasteiger charge is -2.33. The fraction of sp³-hybridized carbons (Fsp3) is 1.00. The normalized spacial score (nSPS) is 29.4. The second-order valence-electron chi connectivity index (χ2n) is 6.10. The van der Waals surface area contributed by atoms with Crippen molar-refractivity contribution < 1.29 is 4.21 Å². The third-order valence-corrected chi connectivity index (χ3v) is 5.87. The lowest BCUT2D eigenvalue weighted by atomic mass is 9.96. The molecule has 0 aromatic rings. The minimum absolute atomic E-state index is 0.0858. The molecule has 3 atom stereocenters. The summed E-state index contributed by atoms with van der Waals surface area (Å²) in [7, 11) is -0.737. The van der Waals surface area contributed by atoms with Crippen LogP contribution in [0, 0.1) is 0 Å². The molecule has 1 aliphatic rings. The molecular weight excluding hydrogens is 230 g/mol. The van der Waals surface area contributed by atoms with E-state index in [2.05, 4.69) is 33.0 Å². The van der Waals surface area contributed by atoms with Gasteiger partial charge in [-0.3, -0.25) is 4.21 Å². The quantitative estimate of drug-likeness (QED) is 0.843. The molecule has 0 aromatic carbocycles. The molecule has 3 unspecified atom stereocenters. The predicted octanol–water partition coefficient (Wildman–Crippen LogP) is 3.23. The molecule has 17 heavy (non-hydrogen) atoms. The van der Waals surface area contributed by atoms with Crippen LogP contribution in [-0.2, 0) is 10.8 Å². The third kappa shape index (κ3) is 4.70. The summed E-state index contributed by atoms with van der Waals surface area (Å²) in [5, 5.41) is 3.91. The van der Waals surface area contributed by atoms with Gasteiger partial charge in [0.15, 0.2) is 0 Å². The minimum atomic E-state index is -0.737. The van der Waals surface area contributed by atoms with Gasteiger partial charge in [0.05, 0.1) is 5.25 Å². The van der Waals surface area contributed by atoms with Crippen molar-refractivity contribution in [1.82, 2.24) is 5.32 Å². The predicted molar refractivity (Wildman–Crippen MR) is 76.9 cm³/mol. The van der Waals surface area contributed by atoms with E-state index in [4.69, 9.17) is 0 Å². The van der Waals surface area contributed by atoms with Gasteiger partial charge in [-0.1, -0.05) is 32.6 Å². The summed E-state index contributed by atoms with van der Waals surface area (Å²) >= 11 is 0. The van der Waals surface area contributed by atoms with Crippen molar-refractivity contribution in [2.45, 2.75) is 82.3 Å². The Morgan fingerprint density at radius 3 is 2.24 bits per heavy atom. The van der Waals surface area contributed by atoms with E-state index in [1.54, 1.807) is 0 Å². The lowest BCUT2D eigenvalue weighted by Crippen LogP contribution is -2.46. The van der Waals surface area contributed by atoms with Gasteiger partial charge in [0.2, 0.25) is 0 Å². The summed E-state index contributed by atoms with van der Waals surface area (Å²) in [4.78, 5) is 0. The summed E-state index contributed by atoms with van der Waals surface area (Å²) < 4.78 is 12.6. The molecule has 2 nitrogen and oxygen atoms in total. The minimum Gasteiger partial charge on any atom is -0.313 e. The van der Waals surface area contributed by atoms with Gasteiger partial charge < -0.3 is 5.32 Å². The second-order valence-corrected chi connectivity index (χ2v) is 8.53. The molecule has 0 heterocycles. The van der Waals surface area contributed by atoms with Crippen LogP contribution in [0.2, 0.25) is 0 Å². The fourth-order valence-electron chi connectivity index (χ4n) is 2.66. The molecule has 1 aliphatic carbocycles. The topological polar surface area (TPSA) is 29.1 Å². The van der Waals surface area contributed by atoms with Crippen LogP contribution < -0.4 is 5.32 Å². The first-order valence-corrected chi connectivity index (χ1v) is 8.32. The highest BCUT2D eigenvalue weighted by atomic mass is 32.2. The van der Waals surface area contributed by atoms with Crippen molar-refractivity contribution in [2.75, 3.05) is 6.54 Å². The lowest BCUT2D eigenvalue weighted by molar-refractivity contribution is 0.398. The average Bonchev–Trinajstić information content (AvgIpc) is 2.20. The van der Waals surface area contributed by atoms with Gasteiger partial charge in [0, 0.05) is 21.6 Å². The maximum atomic E-state index is 12.6. The first-order chi connectivity index (χ1) is 7.96. The number of hydrogen-bond acceptors (Lipinski definition) is 2. The molecule has 0 amide bonds. The Morgan fingerprint density at radius 2 is 1.71 bits per heavy atom. The third-order valence-electron chi connectivity index (χ3n) is 3.55.